The summed E-state index contributed by atoms with van der Waals surface area (Å²) in [5, 5.41) is 0. The van der Waals surface area contributed by atoms with E-state index >= 15 is 0 Å². The van der Waals surface area contributed by atoms with E-state index in [2.05, 4.69) is 13.8 Å². The van der Waals surface area contributed by atoms with Gasteiger partial charge in [0.05, 0.1) is 11.1 Å². The highest BCUT2D eigenvalue weighted by Crippen LogP contribution is 2.68. The SMILES string of the molecule is CC(=O)C1CCC2C3C(OC(=O)c4ccccc4)CC4CC(OC(=O)c5ccccc5)CCC4(C)C3CCC12C. The van der Waals surface area contributed by atoms with E-state index in [0.29, 0.717) is 34.7 Å². The van der Waals surface area contributed by atoms with Gasteiger partial charge in [-0.25, -0.2) is 9.59 Å². The maximum atomic E-state index is 13.4. The Kier molecular flexibility index (Phi) is 7.13. The summed E-state index contributed by atoms with van der Waals surface area (Å²) in [6.07, 6.45) is 7.20. The van der Waals surface area contributed by atoms with Crippen LogP contribution in [-0.4, -0.2) is 29.9 Å². The first-order chi connectivity index (χ1) is 19.2. The van der Waals surface area contributed by atoms with Gasteiger partial charge in [-0.3, -0.25) is 4.79 Å². The molecule has 5 heteroatoms. The van der Waals surface area contributed by atoms with Gasteiger partial charge in [0.2, 0.25) is 0 Å². The second-order valence-corrected chi connectivity index (χ2v) is 13.5. The molecule has 9 unspecified atom stereocenters. The molecule has 0 saturated heterocycles. The highest BCUT2D eigenvalue weighted by molar-refractivity contribution is 5.90. The summed E-state index contributed by atoms with van der Waals surface area (Å²) in [5.41, 5.74) is 1.24. The van der Waals surface area contributed by atoms with Gasteiger partial charge in [0, 0.05) is 11.8 Å². The molecule has 4 saturated carbocycles. The monoisotopic (exact) mass is 542 g/mol. The fraction of sp³-hybridized carbons (Fsp3) is 0.571. The average Bonchev–Trinajstić information content (AvgIpc) is 3.32. The Bertz CT molecular complexity index is 1260. The maximum absolute atomic E-state index is 13.4. The highest BCUT2D eigenvalue weighted by atomic mass is 16.5. The molecular formula is C35H42O5. The minimum atomic E-state index is -0.260. The van der Waals surface area contributed by atoms with Crippen molar-refractivity contribution in [3.63, 3.8) is 0 Å². The van der Waals surface area contributed by atoms with E-state index in [9.17, 15) is 14.4 Å². The first-order valence-corrected chi connectivity index (χ1v) is 15.2. The number of ether oxygens (including phenoxy) is 2. The number of rotatable bonds is 5. The van der Waals surface area contributed by atoms with Gasteiger partial charge in [-0.05, 0) is 111 Å². The van der Waals surface area contributed by atoms with Crippen molar-refractivity contribution in [2.75, 3.05) is 0 Å². The van der Waals surface area contributed by atoms with Crippen LogP contribution < -0.4 is 0 Å². The molecule has 5 nitrogen and oxygen atoms in total. The van der Waals surface area contributed by atoms with E-state index in [0.717, 1.165) is 51.4 Å². The molecule has 0 spiro atoms. The molecule has 2 aromatic rings. The lowest BCUT2D eigenvalue weighted by atomic mass is 9.44. The second kappa shape index (κ2) is 10.5. The van der Waals surface area contributed by atoms with E-state index < -0.39 is 0 Å². The van der Waals surface area contributed by atoms with Gasteiger partial charge in [-0.2, -0.15) is 0 Å². The number of carbonyl (C=O) groups excluding carboxylic acids is 3. The maximum Gasteiger partial charge on any atom is 0.338 e. The lowest BCUT2D eigenvalue weighted by Crippen LogP contribution is -2.59. The molecule has 0 bridgehead atoms. The normalized spacial score (nSPS) is 38.3. The highest BCUT2D eigenvalue weighted by Gasteiger charge is 2.64. The Morgan fingerprint density at radius 3 is 1.90 bits per heavy atom. The fourth-order valence-electron chi connectivity index (χ4n) is 9.63. The molecule has 2 aromatic carbocycles. The van der Waals surface area contributed by atoms with Gasteiger partial charge in [0.1, 0.15) is 18.0 Å². The van der Waals surface area contributed by atoms with Crippen LogP contribution >= 0.6 is 0 Å². The standard InChI is InChI=1S/C35H42O5/c1-22(36)27-14-15-28-31-29(17-19-35(27,28)3)34(2)18-16-26(39-32(37)23-10-6-4-7-11-23)20-25(34)21-30(31)40-33(38)24-12-8-5-9-13-24/h4-13,25-31H,14-21H2,1-3H3. The van der Waals surface area contributed by atoms with Gasteiger partial charge in [-0.15, -0.1) is 0 Å². The summed E-state index contributed by atoms with van der Waals surface area (Å²) in [6.45, 7) is 6.53. The third-order valence-electron chi connectivity index (χ3n) is 11.7. The van der Waals surface area contributed by atoms with Crippen LogP contribution in [0.5, 0.6) is 0 Å². The van der Waals surface area contributed by atoms with Gasteiger partial charge in [-0.1, -0.05) is 50.2 Å². The zero-order valence-electron chi connectivity index (χ0n) is 24.0. The third kappa shape index (κ3) is 4.59. The van der Waals surface area contributed by atoms with Crippen LogP contribution in [-0.2, 0) is 14.3 Å². The van der Waals surface area contributed by atoms with Crippen LogP contribution in [0.1, 0.15) is 92.9 Å². The molecular weight excluding hydrogens is 500 g/mol. The van der Waals surface area contributed by atoms with Crippen LogP contribution in [0.3, 0.4) is 0 Å². The fourth-order valence-corrected chi connectivity index (χ4v) is 9.63. The van der Waals surface area contributed by atoms with Gasteiger partial charge in [0.25, 0.3) is 0 Å². The Labute approximate surface area is 238 Å². The predicted molar refractivity (Wildman–Crippen MR) is 153 cm³/mol. The molecule has 0 amide bonds. The molecule has 4 fully saturated rings. The Hall–Kier alpha value is -2.95. The van der Waals surface area contributed by atoms with E-state index in [-0.39, 0.29) is 46.8 Å². The van der Waals surface area contributed by atoms with Crippen molar-refractivity contribution in [3.8, 4) is 0 Å². The first kappa shape index (κ1) is 27.2. The minimum Gasteiger partial charge on any atom is -0.459 e. The Balaban J connectivity index is 1.28. The van der Waals surface area contributed by atoms with E-state index in [4.69, 9.17) is 9.47 Å². The molecule has 4 aliphatic rings. The Morgan fingerprint density at radius 1 is 0.700 bits per heavy atom. The summed E-state index contributed by atoms with van der Waals surface area (Å²) in [4.78, 5) is 39.0. The topological polar surface area (TPSA) is 69.7 Å². The Morgan fingerprint density at radius 2 is 1.27 bits per heavy atom. The second-order valence-electron chi connectivity index (χ2n) is 13.5. The smallest absolute Gasteiger partial charge is 0.338 e. The van der Waals surface area contributed by atoms with E-state index in [1.165, 1.54) is 0 Å². The van der Waals surface area contributed by atoms with Gasteiger partial charge in [0.15, 0.2) is 0 Å². The number of Topliss-reactive ketones (excluding diaryl/α,β-unsaturated/α-hetero) is 1. The number of carbonyl (C=O) groups is 3. The van der Waals surface area contributed by atoms with Crippen molar-refractivity contribution in [2.45, 2.75) is 84.3 Å². The largest absolute Gasteiger partial charge is 0.459 e. The number of fused-ring (bicyclic) bond motifs is 5. The quantitative estimate of drug-likeness (QED) is 0.371. The lowest BCUT2D eigenvalue weighted by Gasteiger charge is -2.62. The third-order valence-corrected chi connectivity index (χ3v) is 11.7. The predicted octanol–water partition coefficient (Wildman–Crippen LogP) is 7.30. The zero-order chi connectivity index (χ0) is 28.1. The average molecular weight is 543 g/mol. The first-order valence-electron chi connectivity index (χ1n) is 15.2. The minimum absolute atomic E-state index is 0.0317. The van der Waals surface area contributed by atoms with E-state index in [1.54, 1.807) is 19.1 Å². The molecule has 0 N–H and O–H groups in total. The van der Waals surface area contributed by atoms with Gasteiger partial charge >= 0.3 is 11.9 Å². The van der Waals surface area contributed by atoms with Crippen LogP contribution in [0.2, 0.25) is 0 Å². The number of hydrogen-bond donors (Lipinski definition) is 0. The number of hydrogen-bond acceptors (Lipinski definition) is 5. The van der Waals surface area contributed by atoms with Crippen LogP contribution in [0, 0.1) is 40.4 Å². The van der Waals surface area contributed by atoms with Crippen molar-refractivity contribution in [3.05, 3.63) is 71.8 Å². The van der Waals surface area contributed by atoms with Crippen molar-refractivity contribution < 1.29 is 23.9 Å². The summed E-state index contributed by atoms with van der Waals surface area (Å²) in [6, 6.07) is 18.5. The summed E-state index contributed by atoms with van der Waals surface area (Å²) >= 11 is 0. The van der Waals surface area contributed by atoms with E-state index in [1.807, 2.05) is 48.5 Å². The summed E-state index contributed by atoms with van der Waals surface area (Å²) < 4.78 is 12.5. The van der Waals surface area contributed by atoms with Crippen molar-refractivity contribution in [1.82, 2.24) is 0 Å². The van der Waals surface area contributed by atoms with Crippen LogP contribution in [0.25, 0.3) is 0 Å². The molecule has 6 rings (SSSR count). The van der Waals surface area contributed by atoms with Crippen LogP contribution in [0.15, 0.2) is 60.7 Å². The van der Waals surface area contributed by atoms with Crippen molar-refractivity contribution in [1.29, 1.82) is 0 Å². The number of benzene rings is 2. The zero-order valence-corrected chi connectivity index (χ0v) is 24.0. The van der Waals surface area contributed by atoms with Crippen LogP contribution in [0.4, 0.5) is 0 Å². The number of esters is 2. The van der Waals surface area contributed by atoms with Gasteiger partial charge < -0.3 is 9.47 Å². The molecule has 0 aromatic heterocycles. The molecule has 4 aliphatic carbocycles. The molecule has 0 radical (unpaired) electrons. The van der Waals surface area contributed by atoms with Crippen molar-refractivity contribution >= 4 is 17.7 Å². The van der Waals surface area contributed by atoms with Crippen molar-refractivity contribution in [2.24, 2.45) is 40.4 Å². The molecule has 40 heavy (non-hydrogen) atoms. The summed E-state index contributed by atoms with van der Waals surface area (Å²) in [5.74, 6) is 1.24. The molecule has 0 aliphatic heterocycles. The lowest BCUT2D eigenvalue weighted by molar-refractivity contribution is -0.175. The summed E-state index contributed by atoms with van der Waals surface area (Å²) in [7, 11) is 0. The molecule has 0 heterocycles. The number of ketones is 1. The molecule has 9 atom stereocenters. The molecule has 212 valence electrons.